The number of anilines is 1. The molecule has 2 atom stereocenters. The fraction of sp³-hybridized carbons (Fsp3) is 0.222. The summed E-state index contributed by atoms with van der Waals surface area (Å²) in [5.41, 5.74) is 4.00. The Hall–Kier alpha value is -2.86. The number of carbonyl (C=O) groups excluding carboxylic acids is 1. The first kappa shape index (κ1) is 14.7. The van der Waals surface area contributed by atoms with E-state index in [4.69, 9.17) is 4.42 Å². The molecule has 0 radical (unpaired) electrons. The maximum absolute atomic E-state index is 12.3. The zero-order valence-electron chi connectivity index (χ0n) is 13.1. The van der Waals surface area contributed by atoms with Gasteiger partial charge in [-0.05, 0) is 23.3 Å². The Balaban J connectivity index is 1.50. The van der Waals surface area contributed by atoms with Crippen molar-refractivity contribution >= 4 is 22.8 Å². The van der Waals surface area contributed by atoms with Gasteiger partial charge in [0, 0.05) is 25.1 Å². The summed E-state index contributed by atoms with van der Waals surface area (Å²) in [6, 6.07) is 12.3. The number of oxazole rings is 1. The third kappa shape index (κ3) is 2.61. The molecule has 6 heteroatoms. The molecule has 0 unspecified atom stereocenters. The number of rotatable bonds is 2. The number of urea groups is 1. The van der Waals surface area contributed by atoms with Gasteiger partial charge in [0.1, 0.15) is 5.52 Å². The first-order valence-corrected chi connectivity index (χ1v) is 7.81. The van der Waals surface area contributed by atoms with E-state index in [1.165, 1.54) is 0 Å². The molecular formula is C18H17N3O3. The highest BCUT2D eigenvalue weighted by atomic mass is 16.3. The van der Waals surface area contributed by atoms with Crippen molar-refractivity contribution in [3.05, 3.63) is 59.5 Å². The van der Waals surface area contributed by atoms with E-state index in [0.29, 0.717) is 23.6 Å². The predicted molar refractivity (Wildman–Crippen MR) is 89.8 cm³/mol. The summed E-state index contributed by atoms with van der Waals surface area (Å²) in [7, 11) is 0. The maximum Gasteiger partial charge on any atom is 0.319 e. The lowest BCUT2D eigenvalue weighted by Gasteiger charge is -2.18. The van der Waals surface area contributed by atoms with Crippen LogP contribution in [0.3, 0.4) is 0 Å². The van der Waals surface area contributed by atoms with Crippen LogP contribution in [0.25, 0.3) is 11.1 Å². The fourth-order valence-electron chi connectivity index (χ4n) is 3.17. The van der Waals surface area contributed by atoms with Crippen LogP contribution in [0.2, 0.25) is 0 Å². The third-order valence-corrected chi connectivity index (χ3v) is 4.24. The third-order valence-electron chi connectivity index (χ3n) is 4.24. The number of aryl methyl sites for hydroxylation is 1. The van der Waals surface area contributed by atoms with Gasteiger partial charge >= 0.3 is 6.03 Å². The van der Waals surface area contributed by atoms with Gasteiger partial charge in [0.25, 0.3) is 0 Å². The van der Waals surface area contributed by atoms with Gasteiger partial charge < -0.3 is 20.2 Å². The van der Waals surface area contributed by atoms with Gasteiger partial charge in [-0.15, -0.1) is 0 Å². The normalized spacial score (nSPS) is 19.2. The Kier molecular flexibility index (Phi) is 3.46. The quantitative estimate of drug-likeness (QED) is 0.677. The molecule has 0 spiro atoms. The molecule has 3 aromatic rings. The lowest BCUT2D eigenvalue weighted by molar-refractivity contribution is 0.144. The molecule has 1 heterocycles. The largest absolute Gasteiger partial charge is 0.441 e. The van der Waals surface area contributed by atoms with Crippen LogP contribution in [0.15, 0.2) is 46.9 Å². The van der Waals surface area contributed by atoms with E-state index in [9.17, 15) is 9.90 Å². The van der Waals surface area contributed by atoms with Crippen LogP contribution < -0.4 is 10.6 Å². The lowest BCUT2D eigenvalue weighted by Crippen LogP contribution is -2.36. The van der Waals surface area contributed by atoms with Crippen molar-refractivity contribution in [1.29, 1.82) is 0 Å². The predicted octanol–water partition coefficient (Wildman–Crippen LogP) is 2.92. The van der Waals surface area contributed by atoms with E-state index in [1.54, 1.807) is 25.1 Å². The summed E-state index contributed by atoms with van der Waals surface area (Å²) in [6.45, 7) is 1.78. The highest BCUT2D eigenvalue weighted by Crippen LogP contribution is 2.31. The number of nitrogens with zero attached hydrogens (tertiary/aromatic N) is 1. The molecule has 0 bridgehead atoms. The number of fused-ring (bicyclic) bond motifs is 2. The number of carbonyl (C=O) groups is 1. The number of amides is 2. The fourth-order valence-corrected chi connectivity index (χ4v) is 3.17. The summed E-state index contributed by atoms with van der Waals surface area (Å²) in [4.78, 5) is 16.5. The maximum atomic E-state index is 12.3. The smallest absolute Gasteiger partial charge is 0.319 e. The zero-order chi connectivity index (χ0) is 16.7. The van der Waals surface area contributed by atoms with E-state index in [-0.39, 0.29) is 6.03 Å². The second kappa shape index (κ2) is 5.65. The van der Waals surface area contributed by atoms with Gasteiger partial charge in [0.05, 0.1) is 12.1 Å². The standard InChI is InChI=1S/C18H17N3O3/c1-10-19-14-7-6-12(9-16(14)24-10)20-18(23)21-17-13-5-3-2-4-11(13)8-15(17)22/h2-7,9,15,17,22H,8H2,1H3,(H2,20,21,23)/t15-,17+/m1/s1. The van der Waals surface area contributed by atoms with Crippen LogP contribution in [-0.2, 0) is 6.42 Å². The van der Waals surface area contributed by atoms with Gasteiger partial charge in [-0.3, -0.25) is 0 Å². The van der Waals surface area contributed by atoms with Gasteiger partial charge in [-0.25, -0.2) is 9.78 Å². The average molecular weight is 323 g/mol. The Bertz CT molecular complexity index is 919. The molecule has 0 saturated heterocycles. The molecule has 0 saturated carbocycles. The Morgan fingerprint density at radius 1 is 1.29 bits per heavy atom. The molecule has 2 amide bonds. The molecule has 2 aromatic carbocycles. The second-order valence-electron chi connectivity index (χ2n) is 5.96. The SMILES string of the molecule is Cc1nc2ccc(NC(=O)N[C@H]3c4ccccc4C[C@H]3O)cc2o1. The van der Waals surface area contributed by atoms with E-state index in [0.717, 1.165) is 16.6 Å². The first-order chi connectivity index (χ1) is 11.6. The molecule has 1 aromatic heterocycles. The van der Waals surface area contributed by atoms with Crippen LogP contribution in [0, 0.1) is 6.92 Å². The van der Waals surface area contributed by atoms with Gasteiger partial charge in [0.15, 0.2) is 11.5 Å². The first-order valence-electron chi connectivity index (χ1n) is 7.81. The number of hydrogen-bond acceptors (Lipinski definition) is 4. The monoisotopic (exact) mass is 323 g/mol. The van der Waals surface area contributed by atoms with Crippen molar-refractivity contribution in [3.8, 4) is 0 Å². The number of benzene rings is 2. The van der Waals surface area contributed by atoms with E-state index < -0.39 is 12.1 Å². The highest BCUT2D eigenvalue weighted by molar-refractivity contribution is 5.91. The number of nitrogens with one attached hydrogen (secondary N) is 2. The van der Waals surface area contributed by atoms with Crippen molar-refractivity contribution in [2.75, 3.05) is 5.32 Å². The van der Waals surface area contributed by atoms with Crippen molar-refractivity contribution < 1.29 is 14.3 Å². The summed E-state index contributed by atoms with van der Waals surface area (Å²) in [5.74, 6) is 0.581. The average Bonchev–Trinajstić information content (AvgIpc) is 3.06. The Labute approximate surface area is 138 Å². The minimum atomic E-state index is -0.618. The molecule has 122 valence electrons. The van der Waals surface area contributed by atoms with Crippen molar-refractivity contribution in [2.24, 2.45) is 0 Å². The Morgan fingerprint density at radius 3 is 3.00 bits per heavy atom. The second-order valence-corrected chi connectivity index (χ2v) is 5.96. The van der Waals surface area contributed by atoms with Crippen LogP contribution in [0.1, 0.15) is 23.1 Å². The highest BCUT2D eigenvalue weighted by Gasteiger charge is 2.31. The van der Waals surface area contributed by atoms with Crippen LogP contribution in [0.5, 0.6) is 0 Å². The molecule has 3 N–H and O–H groups in total. The topological polar surface area (TPSA) is 87.4 Å². The zero-order valence-corrected chi connectivity index (χ0v) is 13.1. The molecule has 24 heavy (non-hydrogen) atoms. The molecule has 1 aliphatic carbocycles. The van der Waals surface area contributed by atoms with E-state index in [2.05, 4.69) is 15.6 Å². The lowest BCUT2D eigenvalue weighted by atomic mass is 10.1. The minimum Gasteiger partial charge on any atom is -0.441 e. The molecule has 0 aliphatic heterocycles. The van der Waals surface area contributed by atoms with Crippen molar-refractivity contribution in [1.82, 2.24) is 10.3 Å². The summed E-state index contributed by atoms with van der Waals surface area (Å²) >= 11 is 0. The van der Waals surface area contributed by atoms with Crippen LogP contribution in [0.4, 0.5) is 10.5 Å². The van der Waals surface area contributed by atoms with Crippen LogP contribution >= 0.6 is 0 Å². The number of aliphatic hydroxyl groups excluding tert-OH is 1. The molecule has 1 aliphatic rings. The number of aromatic nitrogens is 1. The Morgan fingerprint density at radius 2 is 2.12 bits per heavy atom. The molecule has 4 rings (SSSR count). The number of aliphatic hydroxyl groups is 1. The number of hydrogen-bond donors (Lipinski definition) is 3. The molecule has 0 fully saturated rings. The van der Waals surface area contributed by atoms with Crippen LogP contribution in [-0.4, -0.2) is 22.2 Å². The molecular weight excluding hydrogens is 306 g/mol. The molecule has 6 nitrogen and oxygen atoms in total. The van der Waals surface area contributed by atoms with Gasteiger partial charge in [0.2, 0.25) is 0 Å². The summed E-state index contributed by atoms with van der Waals surface area (Å²) < 4.78 is 5.46. The van der Waals surface area contributed by atoms with E-state index in [1.807, 2.05) is 24.3 Å². The minimum absolute atomic E-state index is 0.369. The summed E-state index contributed by atoms with van der Waals surface area (Å²) in [6.07, 6.45) is -0.0720. The van der Waals surface area contributed by atoms with E-state index >= 15 is 0 Å². The van der Waals surface area contributed by atoms with Gasteiger partial charge in [-0.1, -0.05) is 24.3 Å². The van der Waals surface area contributed by atoms with Gasteiger partial charge in [-0.2, -0.15) is 0 Å². The van der Waals surface area contributed by atoms with Crippen molar-refractivity contribution in [3.63, 3.8) is 0 Å². The van der Waals surface area contributed by atoms with Crippen molar-refractivity contribution in [2.45, 2.75) is 25.5 Å². The summed E-state index contributed by atoms with van der Waals surface area (Å²) in [5, 5.41) is 15.8.